The molecule has 3 nitrogen and oxygen atoms in total. The summed E-state index contributed by atoms with van der Waals surface area (Å²) < 4.78 is 18.4. The van der Waals surface area contributed by atoms with E-state index < -0.39 is 0 Å². The van der Waals surface area contributed by atoms with Crippen LogP contribution < -0.4 is 4.74 Å². The summed E-state index contributed by atoms with van der Waals surface area (Å²) in [6, 6.07) is 4.85. The zero-order valence-electron chi connectivity index (χ0n) is 12.3. The molecule has 106 valence electrons. The number of ether oxygens (including phenoxy) is 1. The lowest BCUT2D eigenvalue weighted by Gasteiger charge is -2.22. The summed E-state index contributed by atoms with van der Waals surface area (Å²) in [5.41, 5.74) is 0.474. The summed E-state index contributed by atoms with van der Waals surface area (Å²) in [5.74, 6) is 0.0247. The first-order chi connectivity index (χ1) is 8.74. The number of rotatable bonds is 5. The van der Waals surface area contributed by atoms with Crippen LogP contribution in [0.15, 0.2) is 18.2 Å². The molecule has 0 saturated heterocycles. The monoisotopic (exact) mass is 267 g/mol. The molecule has 1 aromatic rings. The van der Waals surface area contributed by atoms with E-state index in [9.17, 15) is 9.18 Å². The highest BCUT2D eigenvalue weighted by Gasteiger charge is 2.22. The predicted octanol–water partition coefficient (Wildman–Crippen LogP) is 2.88. The number of carbonyl (C=O) groups is 1. The van der Waals surface area contributed by atoms with Crippen LogP contribution in [-0.2, 0) is 11.3 Å². The summed E-state index contributed by atoms with van der Waals surface area (Å²) in [6.45, 7) is 6.59. The van der Waals surface area contributed by atoms with Crippen molar-refractivity contribution < 1.29 is 13.9 Å². The Balaban J connectivity index is 2.65. The summed E-state index contributed by atoms with van der Waals surface area (Å²) in [4.78, 5) is 13.8. The largest absolute Gasteiger partial charge is 0.494 e. The zero-order chi connectivity index (χ0) is 14.6. The van der Waals surface area contributed by atoms with Crippen molar-refractivity contribution in [3.63, 3.8) is 0 Å². The van der Waals surface area contributed by atoms with Gasteiger partial charge in [0.1, 0.15) is 0 Å². The molecular formula is C15H22FNO2. The molecule has 0 radical (unpaired) electrons. The molecule has 0 aromatic heterocycles. The van der Waals surface area contributed by atoms with Crippen molar-refractivity contribution in [2.24, 2.45) is 5.41 Å². The van der Waals surface area contributed by atoms with Gasteiger partial charge in [0.2, 0.25) is 0 Å². The fourth-order valence-corrected chi connectivity index (χ4v) is 1.66. The smallest absolute Gasteiger partial charge is 0.165 e. The molecule has 0 unspecified atom stereocenters. The van der Waals surface area contributed by atoms with Crippen LogP contribution in [0.2, 0.25) is 0 Å². The van der Waals surface area contributed by atoms with E-state index in [0.717, 1.165) is 5.56 Å². The number of ketones is 1. The predicted molar refractivity (Wildman–Crippen MR) is 73.7 cm³/mol. The number of hydrogen-bond acceptors (Lipinski definition) is 3. The van der Waals surface area contributed by atoms with Crippen LogP contribution in [0, 0.1) is 11.2 Å². The molecule has 0 spiro atoms. The van der Waals surface area contributed by atoms with Crippen LogP contribution in [0.3, 0.4) is 0 Å². The van der Waals surface area contributed by atoms with Crippen LogP contribution in [0.1, 0.15) is 26.3 Å². The normalized spacial score (nSPS) is 11.7. The van der Waals surface area contributed by atoms with Gasteiger partial charge < -0.3 is 4.74 Å². The van der Waals surface area contributed by atoms with Gasteiger partial charge in [-0.2, -0.15) is 0 Å². The van der Waals surface area contributed by atoms with Crippen LogP contribution in [0.4, 0.5) is 4.39 Å². The number of nitrogens with zero attached hydrogens (tertiary/aromatic N) is 1. The molecule has 0 amide bonds. The molecule has 0 aliphatic heterocycles. The second-order valence-electron chi connectivity index (χ2n) is 5.81. The SMILES string of the molecule is COc1ccc(CN(C)CC(=O)C(C)(C)C)cc1F. The maximum Gasteiger partial charge on any atom is 0.165 e. The lowest BCUT2D eigenvalue weighted by Crippen LogP contribution is -2.33. The van der Waals surface area contributed by atoms with Crippen LogP contribution in [0.25, 0.3) is 0 Å². The van der Waals surface area contributed by atoms with E-state index in [1.165, 1.54) is 13.2 Å². The number of carbonyl (C=O) groups excluding carboxylic acids is 1. The minimum absolute atomic E-state index is 0.170. The quantitative estimate of drug-likeness (QED) is 0.821. The van der Waals surface area contributed by atoms with E-state index >= 15 is 0 Å². The Morgan fingerprint density at radius 3 is 2.47 bits per heavy atom. The number of hydrogen-bond donors (Lipinski definition) is 0. The van der Waals surface area contributed by atoms with E-state index in [-0.39, 0.29) is 22.8 Å². The van der Waals surface area contributed by atoms with Gasteiger partial charge in [-0.3, -0.25) is 9.69 Å². The molecule has 1 rings (SSSR count). The first kappa shape index (κ1) is 15.6. The lowest BCUT2D eigenvalue weighted by molar-refractivity contribution is -0.127. The minimum atomic E-state index is -0.379. The van der Waals surface area contributed by atoms with Crippen LogP contribution in [-0.4, -0.2) is 31.4 Å². The first-order valence-corrected chi connectivity index (χ1v) is 6.28. The maximum atomic E-state index is 13.5. The highest BCUT2D eigenvalue weighted by molar-refractivity contribution is 5.85. The topological polar surface area (TPSA) is 29.5 Å². The van der Waals surface area contributed by atoms with Gasteiger partial charge >= 0.3 is 0 Å². The number of likely N-dealkylation sites (N-methyl/N-ethyl adjacent to an activating group) is 1. The Morgan fingerprint density at radius 2 is 2.00 bits per heavy atom. The summed E-state index contributed by atoms with van der Waals surface area (Å²) >= 11 is 0. The summed E-state index contributed by atoms with van der Waals surface area (Å²) in [5, 5.41) is 0. The van der Waals surface area contributed by atoms with Crippen molar-refractivity contribution in [3.05, 3.63) is 29.6 Å². The minimum Gasteiger partial charge on any atom is -0.494 e. The molecule has 0 heterocycles. The van der Waals surface area contributed by atoms with Crippen molar-refractivity contribution in [1.29, 1.82) is 0 Å². The third-order valence-corrected chi connectivity index (χ3v) is 2.92. The molecule has 19 heavy (non-hydrogen) atoms. The van der Waals surface area contributed by atoms with Gasteiger partial charge in [0, 0.05) is 12.0 Å². The summed E-state index contributed by atoms with van der Waals surface area (Å²) in [7, 11) is 3.29. The van der Waals surface area contributed by atoms with Gasteiger partial charge in [0.15, 0.2) is 17.3 Å². The Kier molecular flexibility index (Phi) is 5.06. The van der Waals surface area contributed by atoms with Gasteiger partial charge in [-0.15, -0.1) is 0 Å². The molecule has 0 aliphatic carbocycles. The van der Waals surface area contributed by atoms with Crippen molar-refractivity contribution in [3.8, 4) is 5.75 Å². The molecule has 0 bridgehead atoms. The maximum absolute atomic E-state index is 13.5. The molecule has 1 aromatic carbocycles. The third-order valence-electron chi connectivity index (χ3n) is 2.92. The molecule has 0 atom stereocenters. The van der Waals surface area contributed by atoms with Gasteiger partial charge in [0.25, 0.3) is 0 Å². The second kappa shape index (κ2) is 6.15. The van der Waals surface area contributed by atoms with Gasteiger partial charge in [-0.25, -0.2) is 4.39 Å². The fourth-order valence-electron chi connectivity index (χ4n) is 1.66. The standard InChI is InChI=1S/C15H22FNO2/c1-15(2,3)14(18)10-17(4)9-11-6-7-13(19-5)12(16)8-11/h6-8H,9-10H2,1-5H3. The molecule has 4 heteroatoms. The van der Waals surface area contributed by atoms with Crippen molar-refractivity contribution in [2.45, 2.75) is 27.3 Å². The van der Waals surface area contributed by atoms with Crippen LogP contribution >= 0.6 is 0 Å². The van der Waals surface area contributed by atoms with Crippen molar-refractivity contribution in [2.75, 3.05) is 20.7 Å². The number of benzene rings is 1. The van der Waals surface area contributed by atoms with E-state index in [4.69, 9.17) is 4.74 Å². The Bertz CT molecular complexity index is 452. The van der Waals surface area contributed by atoms with Crippen molar-refractivity contribution >= 4 is 5.78 Å². The Labute approximate surface area is 114 Å². The van der Waals surface area contributed by atoms with Gasteiger partial charge in [-0.1, -0.05) is 26.8 Å². The average molecular weight is 267 g/mol. The van der Waals surface area contributed by atoms with E-state index in [0.29, 0.717) is 13.1 Å². The second-order valence-corrected chi connectivity index (χ2v) is 5.81. The molecule has 0 fully saturated rings. The molecule has 0 aliphatic rings. The van der Waals surface area contributed by atoms with E-state index in [2.05, 4.69) is 0 Å². The van der Waals surface area contributed by atoms with Crippen molar-refractivity contribution in [1.82, 2.24) is 4.90 Å². The van der Waals surface area contributed by atoms with Gasteiger partial charge in [0.05, 0.1) is 13.7 Å². The zero-order valence-corrected chi connectivity index (χ0v) is 12.3. The summed E-state index contributed by atoms with van der Waals surface area (Å²) in [6.07, 6.45) is 0. The molecule has 0 N–H and O–H groups in total. The van der Waals surface area contributed by atoms with E-state index in [1.807, 2.05) is 32.7 Å². The molecule has 0 saturated carbocycles. The third kappa shape index (κ3) is 4.63. The lowest BCUT2D eigenvalue weighted by atomic mass is 9.90. The number of halogens is 1. The van der Waals surface area contributed by atoms with E-state index in [1.54, 1.807) is 12.1 Å². The fraction of sp³-hybridized carbons (Fsp3) is 0.533. The highest BCUT2D eigenvalue weighted by Crippen LogP contribution is 2.19. The average Bonchev–Trinajstić information content (AvgIpc) is 2.27. The van der Waals surface area contributed by atoms with Crippen LogP contribution in [0.5, 0.6) is 5.75 Å². The molecular weight excluding hydrogens is 245 g/mol. The highest BCUT2D eigenvalue weighted by atomic mass is 19.1. The Hall–Kier alpha value is -1.42. The Morgan fingerprint density at radius 1 is 1.37 bits per heavy atom. The number of methoxy groups -OCH3 is 1. The first-order valence-electron chi connectivity index (χ1n) is 6.28. The van der Waals surface area contributed by atoms with Gasteiger partial charge in [-0.05, 0) is 24.7 Å². The number of Topliss-reactive ketones (excluding diaryl/α,β-unsaturated/α-hetero) is 1.